The van der Waals surface area contributed by atoms with Crippen molar-refractivity contribution in [1.82, 2.24) is 9.97 Å². The molecule has 0 bridgehead atoms. The highest BCUT2D eigenvalue weighted by Gasteiger charge is 1.98. The molecule has 0 amide bonds. The highest BCUT2D eigenvalue weighted by Crippen LogP contribution is 2.09. The molecule has 2 N–H and O–H groups in total. The van der Waals surface area contributed by atoms with Crippen LogP contribution in [-0.4, -0.2) is 16.5 Å². The molecule has 19 heavy (non-hydrogen) atoms. The van der Waals surface area contributed by atoms with E-state index in [1.165, 1.54) is 17.5 Å². The topological polar surface area (TPSA) is 73.6 Å². The van der Waals surface area contributed by atoms with Crippen molar-refractivity contribution in [1.29, 1.82) is 5.26 Å². The fraction of sp³-hybridized carbons (Fsp3) is 0.214. The number of aromatic nitrogens is 2. The first kappa shape index (κ1) is 12.8. The summed E-state index contributed by atoms with van der Waals surface area (Å²) in [5.74, 6) is 1.20. The number of aryl methyl sites for hydroxylation is 1. The monoisotopic (exact) mass is 253 g/mol. The van der Waals surface area contributed by atoms with Gasteiger partial charge in [-0.2, -0.15) is 5.26 Å². The maximum absolute atomic E-state index is 8.52. The summed E-state index contributed by atoms with van der Waals surface area (Å²) in [5.41, 5.74) is 2.55. The molecule has 0 unspecified atom stereocenters. The maximum atomic E-state index is 8.52. The maximum Gasteiger partial charge on any atom is 0.182 e. The zero-order valence-corrected chi connectivity index (χ0v) is 10.7. The van der Waals surface area contributed by atoms with Gasteiger partial charge in [0.05, 0.1) is 0 Å². The van der Waals surface area contributed by atoms with Gasteiger partial charge in [0.2, 0.25) is 0 Å². The van der Waals surface area contributed by atoms with E-state index in [1.54, 1.807) is 6.07 Å². The lowest BCUT2D eigenvalue weighted by Gasteiger charge is -2.06. The van der Waals surface area contributed by atoms with Crippen LogP contribution in [0.5, 0.6) is 0 Å². The molecule has 2 rings (SSSR count). The molecule has 2 aromatic rings. The second-order valence-corrected chi connectivity index (χ2v) is 4.19. The quantitative estimate of drug-likeness (QED) is 0.632. The van der Waals surface area contributed by atoms with Crippen LogP contribution in [0, 0.1) is 18.4 Å². The highest BCUT2D eigenvalue weighted by molar-refractivity contribution is 5.48. The first-order valence-electron chi connectivity index (χ1n) is 6.04. The lowest BCUT2D eigenvalue weighted by molar-refractivity contribution is 0.997. The summed E-state index contributed by atoms with van der Waals surface area (Å²) in [7, 11) is 0. The number of hydrogen-bond acceptors (Lipinski definition) is 5. The van der Waals surface area contributed by atoms with E-state index in [4.69, 9.17) is 5.26 Å². The predicted molar refractivity (Wildman–Crippen MR) is 74.6 cm³/mol. The van der Waals surface area contributed by atoms with Gasteiger partial charge < -0.3 is 5.32 Å². The van der Waals surface area contributed by atoms with Gasteiger partial charge in [-0.25, -0.2) is 9.97 Å². The minimum Gasteiger partial charge on any atom is -0.370 e. The molecule has 0 aliphatic carbocycles. The van der Waals surface area contributed by atoms with Crippen molar-refractivity contribution in [2.75, 3.05) is 17.2 Å². The van der Waals surface area contributed by atoms with Crippen LogP contribution in [0.1, 0.15) is 11.1 Å². The molecule has 1 aromatic carbocycles. The molecule has 0 saturated carbocycles. The van der Waals surface area contributed by atoms with Crippen molar-refractivity contribution < 1.29 is 0 Å². The second-order valence-electron chi connectivity index (χ2n) is 4.19. The van der Waals surface area contributed by atoms with E-state index in [0.717, 1.165) is 13.0 Å². The summed E-state index contributed by atoms with van der Waals surface area (Å²) >= 11 is 0. The number of nitrogens with one attached hydrogen (secondary N) is 2. The van der Waals surface area contributed by atoms with Crippen LogP contribution in [0.25, 0.3) is 0 Å². The van der Waals surface area contributed by atoms with E-state index < -0.39 is 0 Å². The van der Waals surface area contributed by atoms with Gasteiger partial charge in [-0.1, -0.05) is 29.8 Å². The van der Waals surface area contributed by atoms with Gasteiger partial charge in [-0.05, 0) is 18.9 Å². The normalized spacial score (nSPS) is 9.68. The minimum atomic E-state index is 0.496. The fourth-order valence-corrected chi connectivity index (χ4v) is 1.78. The molecule has 0 aliphatic rings. The average molecular weight is 253 g/mol. The molecular formula is C14H15N5. The third-order valence-electron chi connectivity index (χ3n) is 2.65. The zero-order chi connectivity index (χ0) is 13.5. The molecule has 0 atom stereocenters. The van der Waals surface area contributed by atoms with E-state index in [9.17, 15) is 0 Å². The van der Waals surface area contributed by atoms with Crippen LogP contribution in [0.15, 0.2) is 36.7 Å². The number of benzene rings is 1. The van der Waals surface area contributed by atoms with Crippen LogP contribution in [0.4, 0.5) is 11.6 Å². The molecular weight excluding hydrogens is 238 g/mol. The van der Waals surface area contributed by atoms with Crippen LogP contribution in [0.3, 0.4) is 0 Å². The third kappa shape index (κ3) is 3.96. The Balaban J connectivity index is 1.89. The van der Waals surface area contributed by atoms with Gasteiger partial charge in [0, 0.05) is 12.6 Å². The largest absolute Gasteiger partial charge is 0.370 e. The van der Waals surface area contributed by atoms with Crippen molar-refractivity contribution in [2.45, 2.75) is 13.3 Å². The highest BCUT2D eigenvalue weighted by atomic mass is 15.1. The van der Waals surface area contributed by atoms with Crippen molar-refractivity contribution >= 4 is 11.6 Å². The summed E-state index contributed by atoms with van der Waals surface area (Å²) in [4.78, 5) is 8.02. The van der Waals surface area contributed by atoms with E-state index >= 15 is 0 Å². The molecule has 1 heterocycles. The van der Waals surface area contributed by atoms with Gasteiger partial charge >= 0.3 is 0 Å². The van der Waals surface area contributed by atoms with Crippen molar-refractivity contribution in [3.8, 4) is 6.19 Å². The first-order chi connectivity index (χ1) is 9.28. The summed E-state index contributed by atoms with van der Waals surface area (Å²) < 4.78 is 0. The molecule has 96 valence electrons. The van der Waals surface area contributed by atoms with Gasteiger partial charge in [0.15, 0.2) is 6.19 Å². The lowest BCUT2D eigenvalue weighted by atomic mass is 10.1. The van der Waals surface area contributed by atoms with Gasteiger partial charge in [-0.15, -0.1) is 0 Å². The molecule has 0 fully saturated rings. The fourth-order valence-electron chi connectivity index (χ4n) is 1.78. The van der Waals surface area contributed by atoms with E-state index in [1.807, 2.05) is 6.19 Å². The van der Waals surface area contributed by atoms with Crippen LogP contribution < -0.4 is 10.6 Å². The van der Waals surface area contributed by atoms with Gasteiger partial charge in [0.1, 0.15) is 18.0 Å². The number of nitriles is 1. The van der Waals surface area contributed by atoms with E-state index in [0.29, 0.717) is 11.6 Å². The Morgan fingerprint density at radius 2 is 2.05 bits per heavy atom. The Kier molecular flexibility index (Phi) is 4.29. The molecule has 0 aliphatic heterocycles. The molecule has 0 radical (unpaired) electrons. The molecule has 5 heteroatoms. The third-order valence-corrected chi connectivity index (χ3v) is 2.65. The van der Waals surface area contributed by atoms with Gasteiger partial charge in [0.25, 0.3) is 0 Å². The zero-order valence-electron chi connectivity index (χ0n) is 10.7. The Labute approximate surface area is 112 Å². The van der Waals surface area contributed by atoms with Crippen LogP contribution in [-0.2, 0) is 6.42 Å². The standard InChI is InChI=1S/C14H15N5/c1-11-3-2-4-12(7-11)5-6-16-13-8-14(17-9-15)19-10-18-13/h2-4,7-8,10H,5-6H2,1H3,(H2,16,17,18,19). The van der Waals surface area contributed by atoms with Crippen LogP contribution >= 0.6 is 0 Å². The number of nitrogens with zero attached hydrogens (tertiary/aromatic N) is 3. The van der Waals surface area contributed by atoms with Crippen molar-refractivity contribution in [3.05, 3.63) is 47.8 Å². The minimum absolute atomic E-state index is 0.496. The summed E-state index contributed by atoms with van der Waals surface area (Å²) in [6, 6.07) is 10.1. The lowest BCUT2D eigenvalue weighted by Crippen LogP contribution is -2.07. The van der Waals surface area contributed by atoms with E-state index in [2.05, 4.69) is 51.8 Å². The Morgan fingerprint density at radius 3 is 2.84 bits per heavy atom. The number of rotatable bonds is 5. The smallest absolute Gasteiger partial charge is 0.182 e. The predicted octanol–water partition coefficient (Wildman–Crippen LogP) is 2.33. The first-order valence-corrected chi connectivity index (χ1v) is 6.04. The molecule has 0 spiro atoms. The van der Waals surface area contributed by atoms with Gasteiger partial charge in [-0.3, -0.25) is 5.32 Å². The van der Waals surface area contributed by atoms with Crippen molar-refractivity contribution in [3.63, 3.8) is 0 Å². The Hall–Kier alpha value is -2.61. The van der Waals surface area contributed by atoms with E-state index in [-0.39, 0.29) is 0 Å². The molecule has 5 nitrogen and oxygen atoms in total. The molecule has 0 saturated heterocycles. The summed E-state index contributed by atoms with van der Waals surface area (Å²) in [6.45, 7) is 2.87. The average Bonchev–Trinajstić information content (AvgIpc) is 2.40. The number of hydrogen-bond donors (Lipinski definition) is 2. The Morgan fingerprint density at radius 1 is 1.21 bits per heavy atom. The van der Waals surface area contributed by atoms with Crippen LogP contribution in [0.2, 0.25) is 0 Å². The summed E-state index contributed by atoms with van der Waals surface area (Å²) in [5, 5.41) is 14.2. The summed E-state index contributed by atoms with van der Waals surface area (Å²) in [6.07, 6.45) is 4.18. The second kappa shape index (κ2) is 6.36. The van der Waals surface area contributed by atoms with Crippen molar-refractivity contribution in [2.24, 2.45) is 0 Å². The number of anilines is 2. The SMILES string of the molecule is Cc1cccc(CCNc2cc(NC#N)ncn2)c1. The molecule has 1 aromatic heterocycles. The Bertz CT molecular complexity index is 588.